The van der Waals surface area contributed by atoms with Gasteiger partial charge in [0.05, 0.1) is 0 Å². The molecule has 0 fully saturated rings. The van der Waals surface area contributed by atoms with Crippen molar-refractivity contribution in [2.45, 2.75) is 46.0 Å². The van der Waals surface area contributed by atoms with Crippen LogP contribution in [0.2, 0.25) is 0 Å². The first-order valence-corrected chi connectivity index (χ1v) is 6.60. The van der Waals surface area contributed by atoms with Gasteiger partial charge in [-0.25, -0.2) is 0 Å². The van der Waals surface area contributed by atoms with Gasteiger partial charge in [0, 0.05) is 0 Å². The third kappa shape index (κ3) is 5.16. The molecule has 0 radical (unpaired) electrons. The minimum Gasteiger partial charge on any atom is -0.0808 e. The lowest BCUT2D eigenvalue weighted by Gasteiger charge is -2.10. The molecule has 1 atom stereocenters. The standard InChI is InChI=1S/C16H24/c1-3-5-10-15(9-4-2)13-14-16-11-7-6-8-12-16/h6-8,11-15H,3-5,9-10H2,1-2H3. The van der Waals surface area contributed by atoms with Crippen LogP contribution in [0.25, 0.3) is 6.08 Å². The summed E-state index contributed by atoms with van der Waals surface area (Å²) in [6.45, 7) is 4.54. The lowest BCUT2D eigenvalue weighted by Crippen LogP contribution is -1.95. The van der Waals surface area contributed by atoms with Gasteiger partial charge in [-0.3, -0.25) is 0 Å². The minimum atomic E-state index is 0.769. The Morgan fingerprint density at radius 1 is 1.00 bits per heavy atom. The van der Waals surface area contributed by atoms with E-state index in [1.165, 1.54) is 37.7 Å². The van der Waals surface area contributed by atoms with E-state index >= 15 is 0 Å². The first-order valence-electron chi connectivity index (χ1n) is 6.60. The SMILES string of the molecule is CCCCC(C=Cc1ccccc1)CCC. The van der Waals surface area contributed by atoms with E-state index in [1.54, 1.807) is 0 Å². The summed E-state index contributed by atoms with van der Waals surface area (Å²) < 4.78 is 0. The molecular formula is C16H24. The van der Waals surface area contributed by atoms with Crippen LogP contribution < -0.4 is 0 Å². The van der Waals surface area contributed by atoms with Crippen LogP contribution >= 0.6 is 0 Å². The van der Waals surface area contributed by atoms with Crippen molar-refractivity contribution in [3.8, 4) is 0 Å². The van der Waals surface area contributed by atoms with Crippen LogP contribution in [0, 0.1) is 5.92 Å². The van der Waals surface area contributed by atoms with Gasteiger partial charge in [-0.1, -0.05) is 75.6 Å². The van der Waals surface area contributed by atoms with Gasteiger partial charge in [0.15, 0.2) is 0 Å². The molecular weight excluding hydrogens is 192 g/mol. The molecule has 1 rings (SSSR count). The van der Waals surface area contributed by atoms with Gasteiger partial charge in [-0.2, -0.15) is 0 Å². The molecule has 0 spiro atoms. The molecule has 16 heavy (non-hydrogen) atoms. The number of allylic oxidation sites excluding steroid dienone is 1. The second kappa shape index (κ2) is 8.15. The van der Waals surface area contributed by atoms with E-state index in [0.717, 1.165) is 5.92 Å². The van der Waals surface area contributed by atoms with Gasteiger partial charge in [-0.15, -0.1) is 0 Å². The van der Waals surface area contributed by atoms with Crippen LogP contribution in [0.15, 0.2) is 36.4 Å². The van der Waals surface area contributed by atoms with Gasteiger partial charge in [-0.05, 0) is 24.3 Å². The predicted molar refractivity (Wildman–Crippen MR) is 73.4 cm³/mol. The molecule has 1 aromatic rings. The molecule has 0 aliphatic carbocycles. The van der Waals surface area contributed by atoms with Crippen LogP contribution in [0.5, 0.6) is 0 Å². The maximum Gasteiger partial charge on any atom is -0.0230 e. The highest BCUT2D eigenvalue weighted by molar-refractivity contribution is 5.48. The van der Waals surface area contributed by atoms with Crippen LogP contribution in [0.3, 0.4) is 0 Å². The van der Waals surface area contributed by atoms with Crippen LogP contribution in [-0.4, -0.2) is 0 Å². The van der Waals surface area contributed by atoms with E-state index in [-0.39, 0.29) is 0 Å². The average Bonchev–Trinajstić information content (AvgIpc) is 2.34. The van der Waals surface area contributed by atoms with Crippen molar-refractivity contribution in [3.63, 3.8) is 0 Å². The summed E-state index contributed by atoms with van der Waals surface area (Å²) in [6, 6.07) is 10.6. The van der Waals surface area contributed by atoms with Crippen LogP contribution in [0.4, 0.5) is 0 Å². The summed E-state index contributed by atoms with van der Waals surface area (Å²) in [7, 11) is 0. The Morgan fingerprint density at radius 2 is 1.75 bits per heavy atom. The normalized spacial score (nSPS) is 13.1. The number of hydrogen-bond donors (Lipinski definition) is 0. The average molecular weight is 216 g/mol. The molecule has 88 valence electrons. The van der Waals surface area contributed by atoms with Crippen molar-refractivity contribution < 1.29 is 0 Å². The Balaban J connectivity index is 2.50. The van der Waals surface area contributed by atoms with Crippen molar-refractivity contribution in [2.75, 3.05) is 0 Å². The fourth-order valence-electron chi connectivity index (χ4n) is 1.99. The zero-order valence-electron chi connectivity index (χ0n) is 10.7. The van der Waals surface area contributed by atoms with Crippen molar-refractivity contribution >= 4 is 6.08 Å². The monoisotopic (exact) mass is 216 g/mol. The zero-order chi connectivity index (χ0) is 11.6. The van der Waals surface area contributed by atoms with Gasteiger partial charge in [0.2, 0.25) is 0 Å². The fourth-order valence-corrected chi connectivity index (χ4v) is 1.99. The highest BCUT2D eigenvalue weighted by atomic mass is 14.1. The molecule has 0 saturated carbocycles. The Morgan fingerprint density at radius 3 is 2.38 bits per heavy atom. The third-order valence-corrected chi connectivity index (χ3v) is 2.95. The highest BCUT2D eigenvalue weighted by Crippen LogP contribution is 2.17. The Hall–Kier alpha value is -1.04. The second-order valence-electron chi connectivity index (χ2n) is 4.46. The van der Waals surface area contributed by atoms with Gasteiger partial charge in [0.1, 0.15) is 0 Å². The summed E-state index contributed by atoms with van der Waals surface area (Å²) in [5.41, 5.74) is 1.32. The van der Waals surface area contributed by atoms with E-state index < -0.39 is 0 Å². The van der Waals surface area contributed by atoms with Gasteiger partial charge < -0.3 is 0 Å². The fraction of sp³-hybridized carbons (Fsp3) is 0.500. The molecule has 0 aliphatic rings. The lowest BCUT2D eigenvalue weighted by molar-refractivity contribution is 0.513. The zero-order valence-corrected chi connectivity index (χ0v) is 10.7. The van der Waals surface area contributed by atoms with E-state index in [4.69, 9.17) is 0 Å². The molecule has 0 heterocycles. The molecule has 1 aromatic carbocycles. The summed E-state index contributed by atoms with van der Waals surface area (Å²) in [6.07, 6.45) is 11.3. The molecule has 0 bridgehead atoms. The Kier molecular flexibility index (Phi) is 6.64. The van der Waals surface area contributed by atoms with Gasteiger partial charge in [0.25, 0.3) is 0 Å². The summed E-state index contributed by atoms with van der Waals surface area (Å²) >= 11 is 0. The molecule has 0 heteroatoms. The van der Waals surface area contributed by atoms with E-state index in [2.05, 4.69) is 56.3 Å². The Bertz CT molecular complexity index is 284. The van der Waals surface area contributed by atoms with Crippen LogP contribution in [0.1, 0.15) is 51.5 Å². The second-order valence-corrected chi connectivity index (χ2v) is 4.46. The van der Waals surface area contributed by atoms with Crippen LogP contribution in [-0.2, 0) is 0 Å². The van der Waals surface area contributed by atoms with Crippen molar-refractivity contribution in [1.29, 1.82) is 0 Å². The molecule has 1 unspecified atom stereocenters. The largest absolute Gasteiger partial charge is 0.0808 e. The first-order chi connectivity index (χ1) is 7.86. The molecule has 0 nitrogen and oxygen atoms in total. The number of benzene rings is 1. The van der Waals surface area contributed by atoms with E-state index in [0.29, 0.717) is 0 Å². The molecule has 0 N–H and O–H groups in total. The summed E-state index contributed by atoms with van der Waals surface area (Å²) in [5, 5.41) is 0. The predicted octanol–water partition coefficient (Wildman–Crippen LogP) is 5.31. The van der Waals surface area contributed by atoms with E-state index in [9.17, 15) is 0 Å². The van der Waals surface area contributed by atoms with Crippen molar-refractivity contribution in [1.82, 2.24) is 0 Å². The minimum absolute atomic E-state index is 0.769. The molecule has 0 aromatic heterocycles. The summed E-state index contributed by atoms with van der Waals surface area (Å²) in [5.74, 6) is 0.769. The maximum atomic E-state index is 2.40. The van der Waals surface area contributed by atoms with Crippen molar-refractivity contribution in [2.24, 2.45) is 5.92 Å². The number of unbranched alkanes of at least 4 members (excludes halogenated alkanes) is 1. The van der Waals surface area contributed by atoms with Crippen molar-refractivity contribution in [3.05, 3.63) is 42.0 Å². The number of hydrogen-bond acceptors (Lipinski definition) is 0. The maximum absolute atomic E-state index is 2.40. The topological polar surface area (TPSA) is 0 Å². The Labute approximate surface area is 100 Å². The quantitative estimate of drug-likeness (QED) is 0.579. The highest BCUT2D eigenvalue weighted by Gasteiger charge is 2.02. The molecule has 0 aliphatic heterocycles. The molecule has 0 amide bonds. The third-order valence-electron chi connectivity index (χ3n) is 2.95. The van der Waals surface area contributed by atoms with E-state index in [1.807, 2.05) is 0 Å². The van der Waals surface area contributed by atoms with Gasteiger partial charge >= 0.3 is 0 Å². The smallest absolute Gasteiger partial charge is 0.0230 e. The number of rotatable bonds is 7. The summed E-state index contributed by atoms with van der Waals surface area (Å²) in [4.78, 5) is 0. The lowest BCUT2D eigenvalue weighted by atomic mass is 9.96. The first kappa shape index (κ1) is 13.0. The molecule has 0 saturated heterocycles.